The smallest absolute Gasteiger partial charge is 0.182 e. The molecule has 2 aromatic rings. The molecule has 6 heteroatoms. The van der Waals surface area contributed by atoms with E-state index >= 15 is 0 Å². The predicted molar refractivity (Wildman–Crippen MR) is 73.9 cm³/mol. The molecule has 1 aliphatic heterocycles. The van der Waals surface area contributed by atoms with E-state index in [0.717, 1.165) is 42.1 Å². The zero-order valence-corrected chi connectivity index (χ0v) is 10.9. The van der Waals surface area contributed by atoms with Crippen LogP contribution in [0.25, 0.3) is 10.3 Å². The number of aliphatic hydroxyl groups is 1. The molecule has 0 amide bonds. The zero-order valence-electron chi connectivity index (χ0n) is 10.0. The van der Waals surface area contributed by atoms with Gasteiger partial charge >= 0.3 is 0 Å². The first kappa shape index (κ1) is 11.7. The van der Waals surface area contributed by atoms with Crippen molar-refractivity contribution in [1.29, 1.82) is 0 Å². The quantitative estimate of drug-likeness (QED) is 0.859. The fourth-order valence-corrected chi connectivity index (χ4v) is 3.04. The minimum Gasteiger partial charge on any atom is -0.396 e. The van der Waals surface area contributed by atoms with Gasteiger partial charge in [-0.2, -0.15) is 0 Å². The van der Waals surface area contributed by atoms with Crippen LogP contribution in [0.2, 0.25) is 0 Å². The van der Waals surface area contributed by atoms with Gasteiger partial charge in [-0.25, -0.2) is 9.97 Å². The number of aromatic nitrogens is 2. The van der Waals surface area contributed by atoms with Crippen LogP contribution in [0.15, 0.2) is 12.1 Å². The van der Waals surface area contributed by atoms with E-state index < -0.39 is 0 Å². The van der Waals surface area contributed by atoms with Crippen molar-refractivity contribution in [3.05, 3.63) is 12.1 Å². The van der Waals surface area contributed by atoms with Crippen molar-refractivity contribution >= 4 is 32.6 Å². The number of anilines is 2. The summed E-state index contributed by atoms with van der Waals surface area (Å²) in [6.45, 7) is 2.21. The van der Waals surface area contributed by atoms with Gasteiger partial charge in [0.15, 0.2) is 5.13 Å². The molecule has 1 aliphatic rings. The van der Waals surface area contributed by atoms with E-state index in [1.54, 1.807) is 0 Å². The van der Waals surface area contributed by atoms with E-state index in [1.165, 1.54) is 11.3 Å². The zero-order chi connectivity index (χ0) is 12.5. The minimum absolute atomic E-state index is 0.297. The normalized spacial score (nSPS) is 17.5. The number of rotatable bonds is 2. The highest BCUT2D eigenvalue weighted by Gasteiger charge is 2.19. The lowest BCUT2D eigenvalue weighted by atomic mass is 9.98. The third kappa shape index (κ3) is 2.13. The van der Waals surface area contributed by atoms with Crippen LogP contribution in [0.5, 0.6) is 0 Å². The molecule has 2 aromatic heterocycles. The summed E-state index contributed by atoms with van der Waals surface area (Å²) in [5.41, 5.74) is 6.55. The summed E-state index contributed by atoms with van der Waals surface area (Å²) in [5, 5.41) is 9.70. The molecule has 1 fully saturated rings. The second kappa shape index (κ2) is 4.70. The number of thiazole rings is 1. The van der Waals surface area contributed by atoms with Gasteiger partial charge in [-0.1, -0.05) is 11.3 Å². The van der Waals surface area contributed by atoms with Gasteiger partial charge in [0.05, 0.1) is 0 Å². The second-order valence-electron chi connectivity index (χ2n) is 4.66. The summed E-state index contributed by atoms with van der Waals surface area (Å²) in [6, 6.07) is 3.98. The predicted octanol–water partition coefficient (Wildman–Crippen LogP) is 1.48. The molecule has 0 aromatic carbocycles. The molecule has 0 unspecified atom stereocenters. The van der Waals surface area contributed by atoms with Crippen molar-refractivity contribution in [1.82, 2.24) is 9.97 Å². The summed E-state index contributed by atoms with van der Waals surface area (Å²) in [4.78, 5) is 12.0. The Balaban J connectivity index is 1.82. The average molecular weight is 264 g/mol. The molecular formula is C12H16N4OS. The Hall–Kier alpha value is -1.40. The van der Waals surface area contributed by atoms with Gasteiger partial charge in [-0.3, -0.25) is 0 Å². The molecule has 0 saturated carbocycles. The third-order valence-electron chi connectivity index (χ3n) is 3.45. The molecule has 3 rings (SSSR count). The summed E-state index contributed by atoms with van der Waals surface area (Å²) < 4.78 is 0. The number of aliphatic hydroxyl groups excluding tert-OH is 1. The van der Waals surface area contributed by atoms with Crippen LogP contribution in [-0.2, 0) is 0 Å². The lowest BCUT2D eigenvalue weighted by Crippen LogP contribution is -2.35. The first-order valence-corrected chi connectivity index (χ1v) is 6.97. The van der Waals surface area contributed by atoms with Crippen molar-refractivity contribution < 1.29 is 5.11 Å². The fourth-order valence-electron chi connectivity index (χ4n) is 2.34. The van der Waals surface area contributed by atoms with Crippen molar-refractivity contribution in [3.63, 3.8) is 0 Å². The Morgan fingerprint density at radius 2 is 2.11 bits per heavy atom. The third-order valence-corrected chi connectivity index (χ3v) is 4.25. The van der Waals surface area contributed by atoms with Crippen LogP contribution in [0, 0.1) is 5.92 Å². The van der Waals surface area contributed by atoms with Gasteiger partial charge in [0.1, 0.15) is 16.2 Å². The second-order valence-corrected chi connectivity index (χ2v) is 5.67. The Morgan fingerprint density at radius 3 is 2.83 bits per heavy atom. The van der Waals surface area contributed by atoms with Gasteiger partial charge in [0, 0.05) is 19.7 Å². The van der Waals surface area contributed by atoms with Crippen LogP contribution in [0.1, 0.15) is 12.8 Å². The number of pyridine rings is 1. The minimum atomic E-state index is 0.297. The molecule has 1 saturated heterocycles. The molecule has 18 heavy (non-hydrogen) atoms. The van der Waals surface area contributed by atoms with Gasteiger partial charge in [0.25, 0.3) is 0 Å². The van der Waals surface area contributed by atoms with Gasteiger partial charge in [-0.15, -0.1) is 0 Å². The molecular weight excluding hydrogens is 248 g/mol. The van der Waals surface area contributed by atoms with E-state index in [2.05, 4.69) is 14.9 Å². The number of nitrogen functional groups attached to an aromatic ring is 1. The van der Waals surface area contributed by atoms with Crippen LogP contribution >= 0.6 is 11.3 Å². The van der Waals surface area contributed by atoms with Crippen LogP contribution < -0.4 is 10.6 Å². The molecule has 0 aliphatic carbocycles. The molecule has 0 radical (unpaired) electrons. The van der Waals surface area contributed by atoms with Crippen molar-refractivity contribution in [2.75, 3.05) is 30.3 Å². The Labute approximate surface area is 109 Å². The van der Waals surface area contributed by atoms with Crippen molar-refractivity contribution in [2.45, 2.75) is 12.8 Å². The highest BCUT2D eigenvalue weighted by Crippen LogP contribution is 2.27. The molecule has 3 heterocycles. The number of hydrogen-bond donors (Lipinski definition) is 2. The van der Waals surface area contributed by atoms with E-state index in [9.17, 15) is 0 Å². The van der Waals surface area contributed by atoms with Crippen LogP contribution in [0.4, 0.5) is 10.9 Å². The van der Waals surface area contributed by atoms with Crippen molar-refractivity contribution in [3.8, 4) is 0 Å². The fraction of sp³-hybridized carbons (Fsp3) is 0.500. The topological polar surface area (TPSA) is 75.3 Å². The number of fused-ring (bicyclic) bond motifs is 1. The molecule has 0 spiro atoms. The largest absolute Gasteiger partial charge is 0.396 e. The Morgan fingerprint density at radius 1 is 1.33 bits per heavy atom. The Kier molecular flexibility index (Phi) is 3.05. The standard InChI is InChI=1S/C12H16N4OS/c13-12-14-9-1-2-10(15-11(9)18-12)16-5-3-8(7-17)4-6-16/h1-2,8,17H,3-7H2,(H2,13,14). The average Bonchev–Trinajstić information content (AvgIpc) is 2.78. The summed E-state index contributed by atoms with van der Waals surface area (Å²) in [5.74, 6) is 1.44. The monoisotopic (exact) mass is 264 g/mol. The molecule has 3 N–H and O–H groups in total. The van der Waals surface area contributed by atoms with Gasteiger partial charge in [0.2, 0.25) is 0 Å². The van der Waals surface area contributed by atoms with E-state index in [1.807, 2.05) is 12.1 Å². The van der Waals surface area contributed by atoms with Gasteiger partial charge < -0.3 is 15.7 Å². The maximum atomic E-state index is 9.14. The molecule has 0 bridgehead atoms. The lowest BCUT2D eigenvalue weighted by molar-refractivity contribution is 0.203. The highest BCUT2D eigenvalue weighted by molar-refractivity contribution is 7.21. The molecule has 0 atom stereocenters. The number of nitrogens with two attached hydrogens (primary N) is 1. The van der Waals surface area contributed by atoms with E-state index in [-0.39, 0.29) is 0 Å². The molecule has 5 nitrogen and oxygen atoms in total. The summed E-state index contributed by atoms with van der Waals surface area (Å²) in [6.07, 6.45) is 2.06. The maximum Gasteiger partial charge on any atom is 0.182 e. The van der Waals surface area contributed by atoms with Gasteiger partial charge in [-0.05, 0) is 30.9 Å². The van der Waals surface area contributed by atoms with Crippen LogP contribution in [0.3, 0.4) is 0 Å². The Bertz CT molecular complexity index is 548. The van der Waals surface area contributed by atoms with Crippen molar-refractivity contribution in [2.24, 2.45) is 5.92 Å². The van der Waals surface area contributed by atoms with E-state index in [4.69, 9.17) is 10.8 Å². The first-order valence-electron chi connectivity index (χ1n) is 6.15. The van der Waals surface area contributed by atoms with E-state index in [0.29, 0.717) is 17.7 Å². The summed E-state index contributed by atoms with van der Waals surface area (Å²) in [7, 11) is 0. The number of hydrogen-bond acceptors (Lipinski definition) is 6. The number of nitrogens with zero attached hydrogens (tertiary/aromatic N) is 3. The highest BCUT2D eigenvalue weighted by atomic mass is 32.1. The molecule has 96 valence electrons. The number of piperidine rings is 1. The van der Waals surface area contributed by atoms with Crippen LogP contribution in [-0.4, -0.2) is 34.8 Å². The first-order chi connectivity index (χ1) is 8.76. The summed E-state index contributed by atoms with van der Waals surface area (Å²) >= 11 is 1.42. The lowest BCUT2D eigenvalue weighted by Gasteiger charge is -2.31. The maximum absolute atomic E-state index is 9.14. The SMILES string of the molecule is Nc1nc2ccc(N3CCC(CO)CC3)nc2s1.